The van der Waals surface area contributed by atoms with Gasteiger partial charge in [-0.05, 0) is 51.4 Å². The average Bonchev–Trinajstić information content (AvgIpc) is 3.26. The van der Waals surface area contributed by atoms with Crippen LogP contribution in [0.2, 0.25) is 0 Å². The molecule has 1 saturated heterocycles. The second-order valence-corrected chi connectivity index (χ2v) is 18.0. The summed E-state index contributed by atoms with van der Waals surface area (Å²) in [6, 6.07) is -0.718. The van der Waals surface area contributed by atoms with E-state index < -0.39 is 49.5 Å². The first kappa shape index (κ1) is 57.4. The molecule has 0 spiro atoms. The summed E-state index contributed by atoms with van der Waals surface area (Å²) >= 11 is 0. The lowest BCUT2D eigenvalue weighted by Gasteiger charge is -2.40. The molecular weight excluding hydrogens is 767 g/mol. The Morgan fingerprint density at radius 3 is 1.43 bits per heavy atom. The van der Waals surface area contributed by atoms with Gasteiger partial charge in [-0.1, -0.05) is 211 Å². The predicted molar refractivity (Wildman–Crippen MR) is 253 cm³/mol. The van der Waals surface area contributed by atoms with Crippen molar-refractivity contribution in [2.75, 3.05) is 13.2 Å². The molecule has 0 bridgehead atoms. The van der Waals surface area contributed by atoms with Crippen LogP contribution in [0.15, 0.2) is 36.5 Å². The van der Waals surface area contributed by atoms with Gasteiger partial charge >= 0.3 is 0 Å². The summed E-state index contributed by atoms with van der Waals surface area (Å²) in [4.78, 5) is 13.0. The predicted octanol–water partition coefficient (Wildman–Crippen LogP) is 11.6. The van der Waals surface area contributed by atoms with Gasteiger partial charge in [0.2, 0.25) is 5.91 Å². The molecule has 0 aromatic rings. The highest BCUT2D eigenvalue weighted by atomic mass is 16.7. The summed E-state index contributed by atoms with van der Waals surface area (Å²) in [5.74, 6) is -0.147. The van der Waals surface area contributed by atoms with Gasteiger partial charge in [0, 0.05) is 6.42 Å². The summed E-state index contributed by atoms with van der Waals surface area (Å²) < 4.78 is 11.3. The molecule has 1 aliphatic heterocycles. The van der Waals surface area contributed by atoms with Crippen molar-refractivity contribution in [3.8, 4) is 0 Å². The fraction of sp³-hybridized carbons (Fsp3) is 0.865. The molecule has 1 heterocycles. The molecule has 0 aromatic heterocycles. The van der Waals surface area contributed by atoms with E-state index in [4.69, 9.17) is 9.47 Å². The zero-order valence-corrected chi connectivity index (χ0v) is 39.4. The number of aliphatic hydroxyl groups is 5. The Labute approximate surface area is 374 Å². The molecule has 0 aliphatic carbocycles. The normalized spacial score (nSPS) is 20.7. The third-order valence-corrected chi connectivity index (χ3v) is 12.2. The Morgan fingerprint density at radius 2 is 0.967 bits per heavy atom. The van der Waals surface area contributed by atoms with E-state index in [2.05, 4.69) is 55.6 Å². The third kappa shape index (κ3) is 32.7. The quantitative estimate of drug-likeness (QED) is 0.0262. The van der Waals surface area contributed by atoms with Crippen LogP contribution in [0.1, 0.15) is 232 Å². The van der Waals surface area contributed by atoms with Crippen molar-refractivity contribution in [3.63, 3.8) is 0 Å². The van der Waals surface area contributed by atoms with Crippen LogP contribution in [0, 0.1) is 0 Å². The first-order valence-electron chi connectivity index (χ1n) is 25.7. The average molecular weight is 864 g/mol. The summed E-state index contributed by atoms with van der Waals surface area (Å²) in [6.07, 6.45) is 45.9. The molecule has 61 heavy (non-hydrogen) atoms. The van der Waals surface area contributed by atoms with E-state index in [0.717, 1.165) is 51.4 Å². The molecule has 7 atom stereocenters. The van der Waals surface area contributed by atoms with Crippen molar-refractivity contribution < 1.29 is 39.8 Å². The lowest BCUT2D eigenvalue weighted by atomic mass is 9.99. The summed E-state index contributed by atoms with van der Waals surface area (Å²) in [7, 11) is 0. The fourth-order valence-electron chi connectivity index (χ4n) is 8.11. The van der Waals surface area contributed by atoms with E-state index in [0.29, 0.717) is 12.8 Å². The highest BCUT2D eigenvalue weighted by Crippen LogP contribution is 2.23. The van der Waals surface area contributed by atoms with Gasteiger partial charge in [-0.2, -0.15) is 0 Å². The van der Waals surface area contributed by atoms with Gasteiger partial charge in [-0.3, -0.25) is 4.79 Å². The third-order valence-electron chi connectivity index (χ3n) is 12.2. The highest BCUT2D eigenvalue weighted by Gasteiger charge is 2.44. The summed E-state index contributed by atoms with van der Waals surface area (Å²) in [5.41, 5.74) is 0. The van der Waals surface area contributed by atoms with Crippen molar-refractivity contribution in [1.29, 1.82) is 0 Å². The standard InChI is InChI=1S/C52H97NO8/c1-3-5-7-9-11-13-15-16-17-18-19-20-21-22-23-24-25-26-27-28-29-30-32-34-36-38-40-42-48(56)53-45(44-60-52-51(59)50(58)49(57)47(43-54)61-52)46(55)41-39-37-35-33-31-14-12-10-8-6-4-2/h15-16,18-19,21-22,45-47,49-52,54-55,57-59H,3-14,17,20,23-44H2,1-2H3,(H,53,56)/b16-15-,19-18-,22-21-. The minimum Gasteiger partial charge on any atom is -0.394 e. The molecule has 1 aliphatic rings. The number of nitrogens with one attached hydrogen (secondary N) is 1. The van der Waals surface area contributed by atoms with Crippen LogP contribution in [0.25, 0.3) is 0 Å². The topological polar surface area (TPSA) is 149 Å². The van der Waals surface area contributed by atoms with E-state index >= 15 is 0 Å². The van der Waals surface area contributed by atoms with E-state index in [1.807, 2.05) is 0 Å². The minimum absolute atomic E-state index is 0.138. The van der Waals surface area contributed by atoms with E-state index in [1.165, 1.54) is 154 Å². The van der Waals surface area contributed by atoms with Crippen LogP contribution in [0.3, 0.4) is 0 Å². The lowest BCUT2D eigenvalue weighted by Crippen LogP contribution is -2.60. The first-order chi connectivity index (χ1) is 29.8. The molecule has 1 fully saturated rings. The number of allylic oxidation sites excluding steroid dienone is 6. The number of rotatable bonds is 43. The van der Waals surface area contributed by atoms with Gasteiger partial charge in [0.15, 0.2) is 6.29 Å². The van der Waals surface area contributed by atoms with E-state index in [1.54, 1.807) is 0 Å². The van der Waals surface area contributed by atoms with Gasteiger partial charge in [0.25, 0.3) is 0 Å². The molecule has 6 N–H and O–H groups in total. The minimum atomic E-state index is -1.55. The number of ether oxygens (including phenoxy) is 2. The maximum absolute atomic E-state index is 13.0. The molecule has 1 amide bonds. The smallest absolute Gasteiger partial charge is 0.220 e. The number of unbranched alkanes of at least 4 members (excludes halogenated alkanes) is 27. The molecule has 358 valence electrons. The zero-order valence-electron chi connectivity index (χ0n) is 39.4. The second-order valence-electron chi connectivity index (χ2n) is 18.0. The maximum Gasteiger partial charge on any atom is 0.220 e. The summed E-state index contributed by atoms with van der Waals surface area (Å²) in [5, 5.41) is 54.4. The molecule has 7 unspecified atom stereocenters. The van der Waals surface area contributed by atoms with Crippen LogP contribution in [0.5, 0.6) is 0 Å². The number of hydrogen-bond donors (Lipinski definition) is 6. The first-order valence-corrected chi connectivity index (χ1v) is 25.7. The lowest BCUT2D eigenvalue weighted by molar-refractivity contribution is -0.302. The number of carbonyl (C=O) groups excluding carboxylic acids is 1. The van der Waals surface area contributed by atoms with Gasteiger partial charge in [0.1, 0.15) is 24.4 Å². The van der Waals surface area contributed by atoms with Crippen molar-refractivity contribution >= 4 is 5.91 Å². The molecule has 0 radical (unpaired) electrons. The van der Waals surface area contributed by atoms with Crippen molar-refractivity contribution in [3.05, 3.63) is 36.5 Å². The Morgan fingerprint density at radius 1 is 0.557 bits per heavy atom. The zero-order chi connectivity index (χ0) is 44.4. The second kappa shape index (κ2) is 42.4. The Bertz CT molecular complexity index is 1050. The van der Waals surface area contributed by atoms with E-state index in [9.17, 15) is 30.3 Å². The van der Waals surface area contributed by atoms with Gasteiger partial charge in [0.05, 0.1) is 25.4 Å². The summed E-state index contributed by atoms with van der Waals surface area (Å²) in [6.45, 7) is 3.81. The molecule has 9 heteroatoms. The van der Waals surface area contributed by atoms with Gasteiger partial charge < -0.3 is 40.3 Å². The highest BCUT2D eigenvalue weighted by molar-refractivity contribution is 5.76. The van der Waals surface area contributed by atoms with Crippen molar-refractivity contribution in [1.82, 2.24) is 5.32 Å². The maximum atomic E-state index is 13.0. The Kier molecular flexibility index (Phi) is 39.9. The SMILES string of the molecule is CCCCCCC/C=C\C/C=C\C/C=C\CCCCCCCCCCCCCCC(=O)NC(COC1OC(CO)C(O)C(O)C1O)C(O)CCCCCCCCCCCCC. The molecule has 9 nitrogen and oxygen atoms in total. The van der Waals surface area contributed by atoms with Crippen LogP contribution < -0.4 is 5.32 Å². The number of hydrogen-bond acceptors (Lipinski definition) is 8. The van der Waals surface area contributed by atoms with Crippen LogP contribution >= 0.6 is 0 Å². The molecule has 0 aromatic carbocycles. The molecular formula is C52H97NO8. The Balaban J connectivity index is 2.19. The fourth-order valence-corrected chi connectivity index (χ4v) is 8.11. The van der Waals surface area contributed by atoms with Gasteiger partial charge in [-0.15, -0.1) is 0 Å². The van der Waals surface area contributed by atoms with Crippen LogP contribution in [0.4, 0.5) is 0 Å². The van der Waals surface area contributed by atoms with Crippen LogP contribution in [-0.4, -0.2) is 87.5 Å². The molecule has 1 rings (SSSR count). The largest absolute Gasteiger partial charge is 0.394 e. The molecule has 0 saturated carbocycles. The van der Waals surface area contributed by atoms with Crippen LogP contribution in [-0.2, 0) is 14.3 Å². The van der Waals surface area contributed by atoms with Crippen molar-refractivity contribution in [2.24, 2.45) is 0 Å². The van der Waals surface area contributed by atoms with E-state index in [-0.39, 0.29) is 12.5 Å². The van der Waals surface area contributed by atoms with Gasteiger partial charge in [-0.25, -0.2) is 0 Å². The number of amides is 1. The number of carbonyl (C=O) groups is 1. The Hall–Kier alpha value is -1.59. The number of aliphatic hydroxyl groups excluding tert-OH is 5. The van der Waals surface area contributed by atoms with Crippen molar-refractivity contribution in [2.45, 2.75) is 275 Å². The monoisotopic (exact) mass is 864 g/mol.